The van der Waals surface area contributed by atoms with Crippen molar-refractivity contribution in [3.63, 3.8) is 0 Å². The Morgan fingerprint density at radius 1 is 0.971 bits per heavy atom. The summed E-state index contributed by atoms with van der Waals surface area (Å²) in [6, 6.07) is 19.6. The van der Waals surface area contributed by atoms with Crippen LogP contribution < -0.4 is 5.43 Å². The standard InChI is InChI=1S/C26H23N3O5/c1-16-14-21(17(2)29(16)28-24(31)19-10-6-4-7-11-19)22(30)15-33-26(32)23-18(3)34-25(27-23)20-12-8-5-9-13-20/h4-14H,15H2,1-3H3,(H,28,31). The molecular formula is C26H23N3O5. The number of benzene rings is 2. The van der Waals surface area contributed by atoms with Crippen LogP contribution in [0.3, 0.4) is 0 Å². The number of nitrogens with one attached hydrogen (secondary N) is 1. The number of amides is 1. The number of aromatic nitrogens is 2. The zero-order valence-corrected chi connectivity index (χ0v) is 19.0. The fraction of sp³-hybridized carbons (Fsp3) is 0.154. The molecule has 2 heterocycles. The largest absolute Gasteiger partial charge is 0.452 e. The molecule has 2 aromatic heterocycles. The van der Waals surface area contributed by atoms with Gasteiger partial charge < -0.3 is 9.15 Å². The van der Waals surface area contributed by atoms with Crippen molar-refractivity contribution in [1.82, 2.24) is 9.66 Å². The molecule has 0 saturated carbocycles. The first-order valence-electron chi connectivity index (χ1n) is 10.6. The maximum absolute atomic E-state index is 12.8. The minimum absolute atomic E-state index is 0.0206. The van der Waals surface area contributed by atoms with Crippen molar-refractivity contribution in [3.8, 4) is 11.5 Å². The third kappa shape index (κ3) is 4.66. The molecule has 0 fully saturated rings. The van der Waals surface area contributed by atoms with E-state index in [1.807, 2.05) is 36.4 Å². The average Bonchev–Trinajstić information content (AvgIpc) is 3.38. The van der Waals surface area contributed by atoms with Crippen LogP contribution in [0, 0.1) is 20.8 Å². The van der Waals surface area contributed by atoms with E-state index in [0.717, 1.165) is 5.56 Å². The molecule has 2 aromatic carbocycles. The first-order valence-corrected chi connectivity index (χ1v) is 10.6. The van der Waals surface area contributed by atoms with Gasteiger partial charge in [0.05, 0.1) is 0 Å². The maximum Gasteiger partial charge on any atom is 0.361 e. The zero-order valence-electron chi connectivity index (χ0n) is 19.0. The first kappa shape index (κ1) is 22.7. The van der Waals surface area contributed by atoms with Crippen molar-refractivity contribution in [1.29, 1.82) is 0 Å². The van der Waals surface area contributed by atoms with Gasteiger partial charge in [-0.1, -0.05) is 36.4 Å². The summed E-state index contributed by atoms with van der Waals surface area (Å²) in [6.45, 7) is 4.62. The number of ketones is 1. The SMILES string of the molecule is Cc1oc(-c2ccccc2)nc1C(=O)OCC(=O)c1cc(C)n(NC(=O)c2ccccc2)c1C. The van der Waals surface area contributed by atoms with E-state index >= 15 is 0 Å². The molecule has 8 heteroatoms. The summed E-state index contributed by atoms with van der Waals surface area (Å²) >= 11 is 0. The van der Waals surface area contributed by atoms with Gasteiger partial charge in [-0.2, -0.15) is 0 Å². The van der Waals surface area contributed by atoms with Gasteiger partial charge in [-0.05, 0) is 51.1 Å². The number of rotatable bonds is 7. The van der Waals surface area contributed by atoms with Gasteiger partial charge in [0.2, 0.25) is 11.7 Å². The number of oxazole rings is 1. The second-order valence-corrected chi connectivity index (χ2v) is 7.72. The molecule has 172 valence electrons. The van der Waals surface area contributed by atoms with Crippen LogP contribution in [0.4, 0.5) is 0 Å². The van der Waals surface area contributed by atoms with E-state index in [4.69, 9.17) is 9.15 Å². The lowest BCUT2D eigenvalue weighted by Crippen LogP contribution is -2.25. The topological polar surface area (TPSA) is 103 Å². The summed E-state index contributed by atoms with van der Waals surface area (Å²) in [4.78, 5) is 42.1. The number of carbonyl (C=O) groups excluding carboxylic acids is 3. The third-order valence-electron chi connectivity index (χ3n) is 5.33. The lowest BCUT2D eigenvalue weighted by molar-refractivity contribution is 0.0467. The Bertz CT molecular complexity index is 1350. The van der Waals surface area contributed by atoms with E-state index < -0.39 is 18.4 Å². The Morgan fingerprint density at radius 3 is 2.29 bits per heavy atom. The van der Waals surface area contributed by atoms with Crippen molar-refractivity contribution < 1.29 is 23.5 Å². The molecule has 1 N–H and O–H groups in total. The predicted molar refractivity (Wildman–Crippen MR) is 125 cm³/mol. The molecule has 0 aliphatic heterocycles. The normalized spacial score (nSPS) is 10.7. The fourth-order valence-corrected chi connectivity index (χ4v) is 3.54. The second-order valence-electron chi connectivity index (χ2n) is 7.72. The molecule has 8 nitrogen and oxygen atoms in total. The first-order chi connectivity index (χ1) is 16.3. The summed E-state index contributed by atoms with van der Waals surface area (Å²) in [6.07, 6.45) is 0. The minimum Gasteiger partial charge on any atom is -0.452 e. The molecule has 0 bridgehead atoms. The second kappa shape index (κ2) is 9.58. The van der Waals surface area contributed by atoms with Crippen LogP contribution in [-0.4, -0.2) is 33.9 Å². The predicted octanol–water partition coefficient (Wildman–Crippen LogP) is 4.49. The summed E-state index contributed by atoms with van der Waals surface area (Å²) in [7, 11) is 0. The molecule has 0 aliphatic rings. The fourth-order valence-electron chi connectivity index (χ4n) is 3.54. The number of carbonyl (C=O) groups is 3. The Balaban J connectivity index is 1.44. The molecule has 4 aromatic rings. The van der Waals surface area contributed by atoms with Crippen molar-refractivity contribution in [2.45, 2.75) is 20.8 Å². The average molecular weight is 457 g/mol. The molecule has 0 atom stereocenters. The van der Waals surface area contributed by atoms with Crippen LogP contribution in [-0.2, 0) is 4.74 Å². The number of aryl methyl sites for hydroxylation is 2. The molecule has 0 radical (unpaired) electrons. The van der Waals surface area contributed by atoms with Gasteiger partial charge in [-0.25, -0.2) is 9.78 Å². The van der Waals surface area contributed by atoms with Crippen LogP contribution in [0.1, 0.15) is 48.4 Å². The Kier molecular flexibility index (Phi) is 6.40. The third-order valence-corrected chi connectivity index (χ3v) is 5.33. The lowest BCUT2D eigenvalue weighted by atomic mass is 10.1. The number of hydrogen-bond acceptors (Lipinski definition) is 6. The van der Waals surface area contributed by atoms with Crippen molar-refractivity contribution >= 4 is 17.7 Å². The molecule has 0 unspecified atom stereocenters. The van der Waals surface area contributed by atoms with Gasteiger partial charge in [0.15, 0.2) is 12.3 Å². The maximum atomic E-state index is 12.8. The van der Waals surface area contributed by atoms with Crippen molar-refractivity contribution in [2.24, 2.45) is 0 Å². The van der Waals surface area contributed by atoms with Crippen LogP contribution in [0.2, 0.25) is 0 Å². The van der Waals surface area contributed by atoms with Gasteiger partial charge in [0.25, 0.3) is 5.91 Å². The number of nitrogens with zero attached hydrogens (tertiary/aromatic N) is 2. The van der Waals surface area contributed by atoms with E-state index in [9.17, 15) is 14.4 Å². The number of hydrogen-bond donors (Lipinski definition) is 1. The Morgan fingerprint density at radius 2 is 1.62 bits per heavy atom. The lowest BCUT2D eigenvalue weighted by Gasteiger charge is -2.11. The van der Waals surface area contributed by atoms with Gasteiger partial charge in [-0.3, -0.25) is 19.7 Å². The van der Waals surface area contributed by atoms with E-state index in [2.05, 4.69) is 10.4 Å². The highest BCUT2D eigenvalue weighted by molar-refractivity contribution is 6.02. The number of ether oxygens (including phenoxy) is 1. The molecule has 1 amide bonds. The quantitative estimate of drug-likeness (QED) is 0.324. The summed E-state index contributed by atoms with van der Waals surface area (Å²) in [5, 5.41) is 0. The van der Waals surface area contributed by atoms with Gasteiger partial charge in [0, 0.05) is 28.1 Å². The number of esters is 1. The van der Waals surface area contributed by atoms with Crippen LogP contribution in [0.5, 0.6) is 0 Å². The number of Topliss-reactive ketones (excluding diaryl/α,β-unsaturated/α-hetero) is 1. The van der Waals surface area contributed by atoms with E-state index in [0.29, 0.717) is 34.2 Å². The van der Waals surface area contributed by atoms with Crippen molar-refractivity contribution in [3.05, 3.63) is 101 Å². The van der Waals surface area contributed by atoms with Crippen molar-refractivity contribution in [2.75, 3.05) is 12.0 Å². The van der Waals surface area contributed by atoms with Crippen LogP contribution in [0.15, 0.2) is 71.1 Å². The molecular weight excluding hydrogens is 434 g/mol. The monoisotopic (exact) mass is 457 g/mol. The highest BCUT2D eigenvalue weighted by atomic mass is 16.5. The highest BCUT2D eigenvalue weighted by Crippen LogP contribution is 2.22. The van der Waals surface area contributed by atoms with E-state index in [1.54, 1.807) is 51.1 Å². The highest BCUT2D eigenvalue weighted by Gasteiger charge is 2.23. The summed E-state index contributed by atoms with van der Waals surface area (Å²) < 4.78 is 12.3. The minimum atomic E-state index is -0.747. The smallest absolute Gasteiger partial charge is 0.361 e. The molecule has 34 heavy (non-hydrogen) atoms. The molecule has 4 rings (SSSR count). The van der Waals surface area contributed by atoms with Gasteiger partial charge in [0.1, 0.15) is 5.76 Å². The van der Waals surface area contributed by atoms with Gasteiger partial charge in [-0.15, -0.1) is 0 Å². The van der Waals surface area contributed by atoms with Gasteiger partial charge >= 0.3 is 5.97 Å². The molecule has 0 saturated heterocycles. The molecule has 0 aliphatic carbocycles. The van der Waals surface area contributed by atoms with E-state index in [1.165, 1.54) is 4.68 Å². The van der Waals surface area contributed by atoms with E-state index in [-0.39, 0.29) is 11.6 Å². The Labute approximate surface area is 196 Å². The zero-order chi connectivity index (χ0) is 24.2. The summed E-state index contributed by atoms with van der Waals surface area (Å²) in [5.74, 6) is -0.843. The van der Waals surface area contributed by atoms with Crippen LogP contribution >= 0.6 is 0 Å². The van der Waals surface area contributed by atoms with Crippen LogP contribution in [0.25, 0.3) is 11.5 Å². The Hall–Kier alpha value is -4.46. The summed E-state index contributed by atoms with van der Waals surface area (Å²) in [5.41, 5.74) is 5.57. The molecule has 0 spiro atoms.